The lowest BCUT2D eigenvalue weighted by Gasteiger charge is -2.41. The van der Waals surface area contributed by atoms with E-state index in [1.165, 1.54) is 0 Å². The molecule has 0 saturated heterocycles. The van der Waals surface area contributed by atoms with Crippen molar-refractivity contribution >= 4 is 6.29 Å². The van der Waals surface area contributed by atoms with Crippen LogP contribution in [-0.2, 0) is 14.3 Å². The number of carbonyl (C=O) groups excluding carboxylic acids is 1. The van der Waals surface area contributed by atoms with Crippen LogP contribution in [0.25, 0.3) is 0 Å². The third-order valence-electron chi connectivity index (χ3n) is 6.31. The fraction of sp³-hybridized carbons (Fsp3) is 0.593. The smallest absolute Gasteiger partial charge is 0.149 e. The normalized spacial score (nSPS) is 15.4. The van der Waals surface area contributed by atoms with Crippen molar-refractivity contribution in [1.29, 1.82) is 0 Å². The largest absolute Gasteiger partial charge is 0.493 e. The lowest BCUT2D eigenvalue weighted by molar-refractivity contribution is -0.138. The molecule has 1 aliphatic carbocycles. The Morgan fingerprint density at radius 3 is 2.06 bits per heavy atom. The van der Waals surface area contributed by atoms with Crippen molar-refractivity contribution in [1.82, 2.24) is 0 Å². The molecule has 174 valence electrons. The Balaban J connectivity index is 0.000000500. The first-order chi connectivity index (χ1) is 14.4. The molecule has 4 heteroatoms. The topological polar surface area (TPSA) is 44.8 Å². The van der Waals surface area contributed by atoms with Crippen molar-refractivity contribution in [2.75, 3.05) is 20.3 Å². The average Bonchev–Trinajstić information content (AvgIpc) is 2.74. The molecule has 0 spiro atoms. The van der Waals surface area contributed by atoms with Gasteiger partial charge in [0.1, 0.15) is 12.0 Å². The van der Waals surface area contributed by atoms with Crippen LogP contribution in [0.2, 0.25) is 0 Å². The van der Waals surface area contributed by atoms with Gasteiger partial charge in [0.2, 0.25) is 0 Å². The van der Waals surface area contributed by atoms with E-state index in [1.54, 1.807) is 7.11 Å². The predicted molar refractivity (Wildman–Crippen MR) is 129 cm³/mol. The number of hydrogen-bond donors (Lipinski definition) is 0. The molecule has 4 nitrogen and oxygen atoms in total. The Hall–Kier alpha value is -1.91. The first kappa shape index (κ1) is 27.1. The summed E-state index contributed by atoms with van der Waals surface area (Å²) >= 11 is 0. The van der Waals surface area contributed by atoms with Crippen molar-refractivity contribution < 1.29 is 19.0 Å². The van der Waals surface area contributed by atoms with Crippen molar-refractivity contribution in [2.24, 2.45) is 11.3 Å². The van der Waals surface area contributed by atoms with Gasteiger partial charge in [-0.1, -0.05) is 57.2 Å². The number of benzene rings is 1. The van der Waals surface area contributed by atoms with Crippen molar-refractivity contribution in [2.45, 2.75) is 72.5 Å². The Morgan fingerprint density at radius 2 is 1.61 bits per heavy atom. The van der Waals surface area contributed by atoms with Crippen LogP contribution in [0.4, 0.5) is 0 Å². The molecule has 1 unspecified atom stereocenters. The third-order valence-corrected chi connectivity index (χ3v) is 6.31. The van der Waals surface area contributed by atoms with Crippen LogP contribution in [0.5, 0.6) is 5.75 Å². The quantitative estimate of drug-likeness (QED) is 0.425. The number of aldehydes is 1. The zero-order valence-electron chi connectivity index (χ0n) is 20.7. The first-order valence-electron chi connectivity index (χ1n) is 11.1. The van der Waals surface area contributed by atoms with Gasteiger partial charge in [-0.2, -0.15) is 0 Å². The van der Waals surface area contributed by atoms with Gasteiger partial charge in [0, 0.05) is 18.6 Å². The number of methoxy groups -OCH3 is 1. The molecule has 0 aliphatic heterocycles. The van der Waals surface area contributed by atoms with Crippen molar-refractivity contribution in [3.8, 4) is 5.75 Å². The Labute approximate surface area is 189 Å². The van der Waals surface area contributed by atoms with E-state index in [4.69, 9.17) is 14.2 Å². The lowest BCUT2D eigenvalue weighted by atomic mass is 9.79. The van der Waals surface area contributed by atoms with Gasteiger partial charge in [0.15, 0.2) is 0 Å². The molecule has 1 aromatic carbocycles. The van der Waals surface area contributed by atoms with Gasteiger partial charge < -0.3 is 14.2 Å². The summed E-state index contributed by atoms with van der Waals surface area (Å²) in [4.78, 5) is 10.0. The van der Waals surface area contributed by atoms with Gasteiger partial charge in [-0.05, 0) is 58.1 Å². The lowest BCUT2D eigenvalue weighted by Crippen LogP contribution is -2.45. The van der Waals surface area contributed by atoms with Crippen LogP contribution in [0.15, 0.2) is 54.1 Å². The van der Waals surface area contributed by atoms with Gasteiger partial charge >= 0.3 is 0 Å². The summed E-state index contributed by atoms with van der Waals surface area (Å²) in [7, 11) is 1.74. The molecule has 1 aromatic rings. The second-order valence-electron chi connectivity index (χ2n) is 10.0. The fourth-order valence-corrected chi connectivity index (χ4v) is 2.58. The van der Waals surface area contributed by atoms with Crippen LogP contribution in [0.3, 0.4) is 0 Å². The van der Waals surface area contributed by atoms with E-state index in [0.29, 0.717) is 13.2 Å². The van der Waals surface area contributed by atoms with E-state index >= 15 is 0 Å². The third kappa shape index (κ3) is 9.40. The van der Waals surface area contributed by atoms with Crippen molar-refractivity contribution in [3.63, 3.8) is 0 Å². The zero-order chi connectivity index (χ0) is 23.5. The second-order valence-corrected chi connectivity index (χ2v) is 10.0. The molecule has 0 heterocycles. The standard InChI is InChI=1S/C20H34O3.C7H8O/c1-18(2,3)20(6,7)23-15-16(19(4,5)21-8)14-22-17-12-10-9-11-13-17;8-6-7-4-2-1-3-5-7/h9-13,16H,14-15H2,1-8H3;2,4-6H,1,3H2. The maximum absolute atomic E-state index is 10.0. The summed E-state index contributed by atoms with van der Waals surface area (Å²) in [5.41, 5.74) is 0.343. The van der Waals surface area contributed by atoms with E-state index in [1.807, 2.05) is 48.6 Å². The minimum atomic E-state index is -0.317. The molecule has 0 amide bonds. The number of ether oxygens (including phenoxy) is 3. The zero-order valence-corrected chi connectivity index (χ0v) is 20.7. The minimum Gasteiger partial charge on any atom is -0.493 e. The van der Waals surface area contributed by atoms with E-state index in [2.05, 4.69) is 48.5 Å². The molecule has 0 N–H and O–H groups in total. The molecule has 1 atom stereocenters. The Kier molecular flexibility index (Phi) is 10.7. The monoisotopic (exact) mass is 430 g/mol. The van der Waals surface area contributed by atoms with Crippen LogP contribution in [0.1, 0.15) is 61.3 Å². The maximum atomic E-state index is 10.0. The molecule has 0 saturated carbocycles. The van der Waals surface area contributed by atoms with E-state index < -0.39 is 0 Å². The Bertz CT molecular complexity index is 709. The van der Waals surface area contributed by atoms with E-state index in [9.17, 15) is 4.79 Å². The van der Waals surface area contributed by atoms with Gasteiger partial charge in [0.25, 0.3) is 0 Å². The van der Waals surface area contributed by atoms with Gasteiger partial charge in [-0.25, -0.2) is 0 Å². The fourth-order valence-electron chi connectivity index (χ4n) is 2.58. The van der Waals surface area contributed by atoms with Gasteiger partial charge in [-0.15, -0.1) is 0 Å². The Morgan fingerprint density at radius 1 is 0.968 bits per heavy atom. The first-order valence-corrected chi connectivity index (χ1v) is 11.1. The van der Waals surface area contributed by atoms with Gasteiger partial charge in [-0.3, -0.25) is 4.79 Å². The van der Waals surface area contributed by atoms with E-state index in [0.717, 1.165) is 30.5 Å². The summed E-state index contributed by atoms with van der Waals surface area (Å²) in [6, 6.07) is 9.88. The summed E-state index contributed by atoms with van der Waals surface area (Å²) in [5.74, 6) is 1.01. The summed E-state index contributed by atoms with van der Waals surface area (Å²) in [5, 5.41) is 0. The number of allylic oxidation sites excluding steroid dienone is 4. The number of para-hydroxylation sites is 1. The molecule has 0 aromatic heterocycles. The molecule has 1 aliphatic rings. The maximum Gasteiger partial charge on any atom is 0.149 e. The number of carbonyl (C=O) groups is 1. The number of hydrogen-bond acceptors (Lipinski definition) is 4. The average molecular weight is 431 g/mol. The SMILES string of the molecule is COC(C)(C)C(COc1ccccc1)COC(C)(C)C(C)(C)C.O=CC1=CCCC=C1. The highest BCUT2D eigenvalue weighted by atomic mass is 16.5. The van der Waals surface area contributed by atoms with Crippen LogP contribution in [-0.4, -0.2) is 37.8 Å². The molecule has 0 bridgehead atoms. The van der Waals surface area contributed by atoms with E-state index in [-0.39, 0.29) is 22.5 Å². The van der Waals surface area contributed by atoms with Gasteiger partial charge in [0.05, 0.1) is 24.4 Å². The molecule has 2 rings (SSSR count). The number of rotatable bonds is 9. The highest BCUT2D eigenvalue weighted by Gasteiger charge is 2.37. The summed E-state index contributed by atoms with van der Waals surface area (Å²) in [6.07, 6.45) is 8.81. The molecule has 31 heavy (non-hydrogen) atoms. The summed E-state index contributed by atoms with van der Waals surface area (Å²) in [6.45, 7) is 16.2. The predicted octanol–water partition coefficient (Wildman–Crippen LogP) is 6.41. The highest BCUT2D eigenvalue weighted by Crippen LogP contribution is 2.34. The molecule has 0 radical (unpaired) electrons. The highest BCUT2D eigenvalue weighted by molar-refractivity contribution is 5.77. The van der Waals surface area contributed by atoms with Crippen LogP contribution < -0.4 is 4.74 Å². The second kappa shape index (κ2) is 12.2. The minimum absolute atomic E-state index is 0.0645. The van der Waals surface area contributed by atoms with Crippen molar-refractivity contribution in [3.05, 3.63) is 54.1 Å². The molecular weight excluding hydrogens is 388 g/mol. The molecule has 0 fully saturated rings. The molecular formula is C27H42O4. The van der Waals surface area contributed by atoms with Crippen LogP contribution in [0, 0.1) is 11.3 Å². The van der Waals surface area contributed by atoms with Crippen LogP contribution >= 0.6 is 0 Å². The summed E-state index contributed by atoms with van der Waals surface area (Å²) < 4.78 is 17.9.